The Hall–Kier alpha value is -2.28. The lowest BCUT2D eigenvalue weighted by molar-refractivity contribution is -0.385. The smallest absolute Gasteiger partial charge is 0.290 e. The molecule has 2 N–H and O–H groups in total. The molecule has 7 heteroatoms. The minimum Gasteiger partial charge on any atom is -0.330 e. The first-order valence-electron chi connectivity index (χ1n) is 5.48. The fourth-order valence-corrected chi connectivity index (χ4v) is 1.72. The first-order valence-corrected chi connectivity index (χ1v) is 5.48. The first-order chi connectivity index (χ1) is 8.63. The number of rotatable bonds is 4. The van der Waals surface area contributed by atoms with Crippen molar-refractivity contribution in [1.82, 2.24) is 14.5 Å². The van der Waals surface area contributed by atoms with Crippen LogP contribution >= 0.6 is 0 Å². The first kappa shape index (κ1) is 12.2. The van der Waals surface area contributed by atoms with E-state index in [4.69, 9.17) is 5.73 Å². The number of nitrogens with zero attached hydrogens (tertiary/aromatic N) is 4. The molecule has 0 radical (unpaired) electrons. The number of nitrogens with two attached hydrogens (primary N) is 1. The monoisotopic (exact) mass is 247 g/mol. The highest BCUT2D eigenvalue weighted by atomic mass is 16.6. The third-order valence-electron chi connectivity index (χ3n) is 2.57. The lowest BCUT2D eigenvalue weighted by Gasteiger charge is -2.07. The van der Waals surface area contributed by atoms with Gasteiger partial charge in [0.15, 0.2) is 0 Å². The molecule has 0 amide bonds. The predicted octanol–water partition coefficient (Wildman–Crippen LogP) is 0.985. The van der Waals surface area contributed by atoms with Crippen molar-refractivity contribution >= 4 is 5.69 Å². The standard InChI is InChI=1S/C11H13N5O2/c1-8-9(16(17)18)2-3-11(14-8)15-7-6-13-10(15)4-5-12/h2-3,6-7H,4-5,12H2,1H3. The average molecular weight is 247 g/mol. The summed E-state index contributed by atoms with van der Waals surface area (Å²) in [5.74, 6) is 1.40. The zero-order valence-electron chi connectivity index (χ0n) is 9.91. The normalized spacial score (nSPS) is 10.6. The summed E-state index contributed by atoms with van der Waals surface area (Å²) in [5, 5.41) is 10.7. The number of pyridine rings is 1. The molecule has 0 saturated carbocycles. The summed E-state index contributed by atoms with van der Waals surface area (Å²) in [4.78, 5) is 18.7. The Balaban J connectivity index is 2.42. The molecule has 94 valence electrons. The van der Waals surface area contributed by atoms with E-state index >= 15 is 0 Å². The molecule has 2 aromatic rings. The third-order valence-corrected chi connectivity index (χ3v) is 2.57. The number of hydrogen-bond acceptors (Lipinski definition) is 5. The molecule has 0 unspecified atom stereocenters. The van der Waals surface area contributed by atoms with Crippen molar-refractivity contribution in [2.45, 2.75) is 13.3 Å². The maximum Gasteiger partial charge on any atom is 0.290 e. The summed E-state index contributed by atoms with van der Waals surface area (Å²) in [6.07, 6.45) is 4.05. The minimum atomic E-state index is -0.444. The maximum atomic E-state index is 10.7. The van der Waals surface area contributed by atoms with Gasteiger partial charge in [-0.25, -0.2) is 9.97 Å². The van der Waals surface area contributed by atoms with Gasteiger partial charge >= 0.3 is 0 Å². The Morgan fingerprint density at radius 2 is 2.28 bits per heavy atom. The zero-order chi connectivity index (χ0) is 13.1. The minimum absolute atomic E-state index is 0.0132. The van der Waals surface area contributed by atoms with Crippen LogP contribution in [-0.2, 0) is 6.42 Å². The molecule has 0 fully saturated rings. The summed E-state index contributed by atoms with van der Waals surface area (Å²) in [7, 11) is 0. The molecule has 2 aromatic heterocycles. The van der Waals surface area contributed by atoms with Gasteiger partial charge in [0.1, 0.15) is 17.3 Å². The number of imidazole rings is 1. The molecule has 7 nitrogen and oxygen atoms in total. The van der Waals surface area contributed by atoms with E-state index in [1.54, 1.807) is 30.0 Å². The van der Waals surface area contributed by atoms with Crippen LogP contribution in [0.5, 0.6) is 0 Å². The molecule has 0 atom stereocenters. The van der Waals surface area contributed by atoms with Crippen LogP contribution in [-0.4, -0.2) is 26.0 Å². The number of hydrogen-bond donors (Lipinski definition) is 1. The van der Waals surface area contributed by atoms with Gasteiger partial charge in [-0.1, -0.05) is 0 Å². The van der Waals surface area contributed by atoms with E-state index in [-0.39, 0.29) is 5.69 Å². The van der Waals surface area contributed by atoms with Gasteiger partial charge in [0.25, 0.3) is 5.69 Å². The van der Waals surface area contributed by atoms with Crippen LogP contribution in [0, 0.1) is 17.0 Å². The lowest BCUT2D eigenvalue weighted by Crippen LogP contribution is -2.10. The largest absolute Gasteiger partial charge is 0.330 e. The fraction of sp³-hybridized carbons (Fsp3) is 0.273. The van der Waals surface area contributed by atoms with E-state index in [2.05, 4.69) is 9.97 Å². The molecule has 0 aliphatic rings. The number of aryl methyl sites for hydroxylation is 1. The molecule has 0 saturated heterocycles. The van der Waals surface area contributed by atoms with Crippen LogP contribution in [0.15, 0.2) is 24.5 Å². The lowest BCUT2D eigenvalue weighted by atomic mass is 10.3. The van der Waals surface area contributed by atoms with E-state index < -0.39 is 4.92 Å². The van der Waals surface area contributed by atoms with Crippen molar-refractivity contribution in [2.24, 2.45) is 5.73 Å². The molecule has 0 bridgehead atoms. The fourth-order valence-electron chi connectivity index (χ4n) is 1.72. The molecule has 2 heterocycles. The number of nitro groups is 1. The van der Waals surface area contributed by atoms with Crippen LogP contribution in [0.25, 0.3) is 5.82 Å². The van der Waals surface area contributed by atoms with Crippen molar-refractivity contribution in [3.8, 4) is 5.82 Å². The van der Waals surface area contributed by atoms with Crippen molar-refractivity contribution in [3.63, 3.8) is 0 Å². The van der Waals surface area contributed by atoms with Gasteiger partial charge in [-0.3, -0.25) is 14.7 Å². The van der Waals surface area contributed by atoms with Gasteiger partial charge in [0.2, 0.25) is 0 Å². The molecular weight excluding hydrogens is 234 g/mol. The van der Waals surface area contributed by atoms with Gasteiger partial charge in [0, 0.05) is 24.9 Å². The van der Waals surface area contributed by atoms with Crippen molar-refractivity contribution in [2.75, 3.05) is 6.54 Å². The summed E-state index contributed by atoms with van der Waals surface area (Å²) >= 11 is 0. The molecule has 0 aliphatic heterocycles. The second-order valence-electron chi connectivity index (χ2n) is 3.78. The summed E-state index contributed by atoms with van der Waals surface area (Å²) in [6.45, 7) is 2.10. The van der Waals surface area contributed by atoms with Crippen molar-refractivity contribution in [3.05, 3.63) is 46.2 Å². The Morgan fingerprint density at radius 3 is 2.89 bits per heavy atom. The van der Waals surface area contributed by atoms with E-state index in [0.717, 1.165) is 5.82 Å². The Morgan fingerprint density at radius 1 is 1.50 bits per heavy atom. The molecule has 0 spiro atoms. The van der Waals surface area contributed by atoms with E-state index in [9.17, 15) is 10.1 Å². The molecular formula is C11H13N5O2. The summed E-state index contributed by atoms with van der Waals surface area (Å²) in [6, 6.07) is 3.05. The Labute approximate surface area is 103 Å². The molecule has 2 rings (SSSR count). The second kappa shape index (κ2) is 4.92. The third kappa shape index (κ3) is 2.21. The van der Waals surface area contributed by atoms with Crippen molar-refractivity contribution < 1.29 is 4.92 Å². The molecule has 18 heavy (non-hydrogen) atoms. The van der Waals surface area contributed by atoms with Gasteiger partial charge < -0.3 is 5.73 Å². The van der Waals surface area contributed by atoms with Gasteiger partial charge in [-0.15, -0.1) is 0 Å². The van der Waals surface area contributed by atoms with Gasteiger partial charge in [0.05, 0.1) is 4.92 Å². The SMILES string of the molecule is Cc1nc(-n2ccnc2CCN)ccc1[N+](=O)[O-]. The average Bonchev–Trinajstić information content (AvgIpc) is 2.77. The molecule has 0 aliphatic carbocycles. The van der Waals surface area contributed by atoms with E-state index in [0.29, 0.717) is 24.5 Å². The van der Waals surface area contributed by atoms with Crippen LogP contribution in [0.2, 0.25) is 0 Å². The van der Waals surface area contributed by atoms with Crippen LogP contribution in [0.1, 0.15) is 11.5 Å². The highest BCUT2D eigenvalue weighted by Crippen LogP contribution is 2.18. The predicted molar refractivity (Wildman–Crippen MR) is 65.5 cm³/mol. The van der Waals surface area contributed by atoms with Crippen LogP contribution in [0.3, 0.4) is 0 Å². The summed E-state index contributed by atoms with van der Waals surface area (Å²) < 4.78 is 1.78. The highest BCUT2D eigenvalue weighted by molar-refractivity contribution is 5.40. The van der Waals surface area contributed by atoms with Gasteiger partial charge in [-0.05, 0) is 19.5 Å². The molecule has 0 aromatic carbocycles. The summed E-state index contributed by atoms with van der Waals surface area (Å²) in [5.41, 5.74) is 5.89. The quantitative estimate of drug-likeness (QED) is 0.641. The number of aromatic nitrogens is 3. The van der Waals surface area contributed by atoms with E-state index in [1.165, 1.54) is 6.07 Å². The maximum absolute atomic E-state index is 10.7. The highest BCUT2D eigenvalue weighted by Gasteiger charge is 2.13. The Bertz CT molecular complexity index is 579. The second-order valence-corrected chi connectivity index (χ2v) is 3.78. The topological polar surface area (TPSA) is 99.9 Å². The van der Waals surface area contributed by atoms with Crippen molar-refractivity contribution in [1.29, 1.82) is 0 Å². The Kier molecular flexibility index (Phi) is 3.33. The zero-order valence-corrected chi connectivity index (χ0v) is 9.91. The van der Waals surface area contributed by atoms with Crippen LogP contribution in [0.4, 0.5) is 5.69 Å². The van der Waals surface area contributed by atoms with Gasteiger partial charge in [-0.2, -0.15) is 0 Å². The van der Waals surface area contributed by atoms with E-state index in [1.807, 2.05) is 0 Å². The van der Waals surface area contributed by atoms with Crippen LogP contribution < -0.4 is 5.73 Å².